The van der Waals surface area contributed by atoms with Crippen molar-refractivity contribution in [3.05, 3.63) is 42.7 Å². The molecule has 0 saturated heterocycles. The predicted molar refractivity (Wildman–Crippen MR) is 54.4 cm³/mol. The lowest BCUT2D eigenvalue weighted by molar-refractivity contribution is -0.141. The highest BCUT2D eigenvalue weighted by Gasteiger charge is 2.11. The molecule has 0 aliphatic carbocycles. The highest BCUT2D eigenvalue weighted by atomic mass is 16.7. The summed E-state index contributed by atoms with van der Waals surface area (Å²) in [6, 6.07) is 8.99. The quantitative estimate of drug-likeness (QED) is 0.457. The fourth-order valence-corrected chi connectivity index (χ4v) is 0.966. The first-order valence-corrected chi connectivity index (χ1v) is 4.40. The van der Waals surface area contributed by atoms with Crippen LogP contribution in [0.3, 0.4) is 0 Å². The Balaban J connectivity index is 2.46. The van der Waals surface area contributed by atoms with E-state index >= 15 is 0 Å². The molecule has 1 rings (SSSR count). The van der Waals surface area contributed by atoms with Crippen LogP contribution in [0.2, 0.25) is 0 Å². The van der Waals surface area contributed by atoms with Gasteiger partial charge >= 0.3 is 5.97 Å². The molecule has 0 radical (unpaired) electrons. The number of hydrogen-bond acceptors (Lipinski definition) is 3. The van der Waals surface area contributed by atoms with Gasteiger partial charge in [-0.1, -0.05) is 18.2 Å². The SMILES string of the molecule is C=C(OC(C)Oc1ccccc1)C(=O)O. The van der Waals surface area contributed by atoms with E-state index < -0.39 is 12.3 Å². The van der Waals surface area contributed by atoms with E-state index in [9.17, 15) is 4.79 Å². The Kier molecular flexibility index (Phi) is 3.74. The molecule has 4 heteroatoms. The molecule has 0 aromatic heterocycles. The number of carboxylic acid groups (broad SMARTS) is 1. The Labute approximate surface area is 87.7 Å². The van der Waals surface area contributed by atoms with Crippen molar-refractivity contribution in [2.45, 2.75) is 13.2 Å². The second-order valence-corrected chi connectivity index (χ2v) is 2.84. The van der Waals surface area contributed by atoms with E-state index in [2.05, 4.69) is 6.58 Å². The maximum Gasteiger partial charge on any atom is 0.370 e. The summed E-state index contributed by atoms with van der Waals surface area (Å²) >= 11 is 0. The zero-order chi connectivity index (χ0) is 11.3. The first-order chi connectivity index (χ1) is 7.09. The van der Waals surface area contributed by atoms with E-state index in [0.29, 0.717) is 5.75 Å². The largest absolute Gasteiger partial charge is 0.475 e. The lowest BCUT2D eigenvalue weighted by atomic mass is 10.3. The van der Waals surface area contributed by atoms with Crippen LogP contribution < -0.4 is 4.74 Å². The summed E-state index contributed by atoms with van der Waals surface area (Å²) in [7, 11) is 0. The molecule has 1 unspecified atom stereocenters. The molecule has 80 valence electrons. The van der Waals surface area contributed by atoms with Crippen LogP contribution in [0.15, 0.2) is 42.7 Å². The number of benzene rings is 1. The summed E-state index contributed by atoms with van der Waals surface area (Å²) < 4.78 is 10.2. The molecule has 0 spiro atoms. The fraction of sp³-hybridized carbons (Fsp3) is 0.182. The van der Waals surface area contributed by atoms with E-state index in [1.165, 1.54) is 0 Å². The monoisotopic (exact) mass is 208 g/mol. The van der Waals surface area contributed by atoms with Crippen LogP contribution in [-0.4, -0.2) is 17.4 Å². The van der Waals surface area contributed by atoms with Gasteiger partial charge < -0.3 is 14.6 Å². The predicted octanol–water partition coefficient (Wildman–Crippen LogP) is 2.03. The van der Waals surface area contributed by atoms with Gasteiger partial charge in [-0.05, 0) is 18.7 Å². The third-order valence-corrected chi connectivity index (χ3v) is 1.59. The van der Waals surface area contributed by atoms with Crippen LogP contribution >= 0.6 is 0 Å². The van der Waals surface area contributed by atoms with Gasteiger partial charge in [0.05, 0.1) is 0 Å². The highest BCUT2D eigenvalue weighted by molar-refractivity contribution is 5.83. The van der Waals surface area contributed by atoms with Gasteiger partial charge in [0, 0.05) is 6.92 Å². The van der Waals surface area contributed by atoms with Crippen LogP contribution in [0, 0.1) is 0 Å². The molecule has 0 fully saturated rings. The molecule has 4 nitrogen and oxygen atoms in total. The normalized spacial score (nSPS) is 11.5. The van der Waals surface area contributed by atoms with Gasteiger partial charge in [0.15, 0.2) is 0 Å². The van der Waals surface area contributed by atoms with Gasteiger partial charge in [-0.2, -0.15) is 0 Å². The number of carbonyl (C=O) groups is 1. The molecule has 15 heavy (non-hydrogen) atoms. The second kappa shape index (κ2) is 5.05. The summed E-state index contributed by atoms with van der Waals surface area (Å²) in [4.78, 5) is 10.4. The van der Waals surface area contributed by atoms with E-state index in [-0.39, 0.29) is 5.76 Å². The first-order valence-electron chi connectivity index (χ1n) is 4.40. The lowest BCUT2D eigenvalue weighted by Gasteiger charge is -2.15. The average molecular weight is 208 g/mol. The molecule has 0 bridgehead atoms. The maximum absolute atomic E-state index is 10.4. The van der Waals surface area contributed by atoms with Crippen molar-refractivity contribution < 1.29 is 19.4 Å². The maximum atomic E-state index is 10.4. The van der Waals surface area contributed by atoms with Crippen LogP contribution in [0.25, 0.3) is 0 Å². The molecule has 1 atom stereocenters. The molecule has 1 N–H and O–H groups in total. The molecule has 1 aromatic carbocycles. The molecular weight excluding hydrogens is 196 g/mol. The van der Waals surface area contributed by atoms with Crippen molar-refractivity contribution in [2.75, 3.05) is 0 Å². The summed E-state index contributed by atoms with van der Waals surface area (Å²) in [6.07, 6.45) is -0.684. The van der Waals surface area contributed by atoms with Crippen molar-refractivity contribution in [3.8, 4) is 5.75 Å². The van der Waals surface area contributed by atoms with Crippen LogP contribution in [0.4, 0.5) is 0 Å². The minimum absolute atomic E-state index is 0.335. The van der Waals surface area contributed by atoms with Crippen LogP contribution in [0.1, 0.15) is 6.92 Å². The number of aliphatic carboxylic acids is 1. The van der Waals surface area contributed by atoms with Crippen LogP contribution in [-0.2, 0) is 9.53 Å². The Morgan fingerprint density at radius 3 is 2.53 bits per heavy atom. The molecule has 0 aliphatic rings. The Morgan fingerprint density at radius 1 is 1.40 bits per heavy atom. The van der Waals surface area contributed by atoms with Crippen molar-refractivity contribution in [3.63, 3.8) is 0 Å². The fourth-order valence-electron chi connectivity index (χ4n) is 0.966. The number of para-hydroxylation sites is 1. The third-order valence-electron chi connectivity index (χ3n) is 1.59. The third kappa shape index (κ3) is 3.72. The first kappa shape index (κ1) is 11.1. The number of rotatable bonds is 5. The average Bonchev–Trinajstić information content (AvgIpc) is 2.18. The Hall–Kier alpha value is -1.97. The van der Waals surface area contributed by atoms with Gasteiger partial charge in [-0.3, -0.25) is 0 Å². The summed E-state index contributed by atoms with van der Waals surface area (Å²) in [5.41, 5.74) is 0. The minimum atomic E-state index is -1.20. The second-order valence-electron chi connectivity index (χ2n) is 2.84. The van der Waals surface area contributed by atoms with E-state index in [0.717, 1.165) is 0 Å². The zero-order valence-corrected chi connectivity index (χ0v) is 8.34. The van der Waals surface area contributed by atoms with E-state index in [4.69, 9.17) is 14.6 Å². The van der Waals surface area contributed by atoms with Gasteiger partial charge in [0.1, 0.15) is 5.75 Å². The summed E-state index contributed by atoms with van der Waals surface area (Å²) in [6.45, 7) is 4.83. The number of hydrogen-bond donors (Lipinski definition) is 1. The van der Waals surface area contributed by atoms with Crippen molar-refractivity contribution in [1.29, 1.82) is 0 Å². The standard InChI is InChI=1S/C11H12O4/c1-8(11(12)13)14-9(2)15-10-6-4-3-5-7-10/h3-7,9H,1H2,2H3,(H,12,13). The molecular formula is C11H12O4. The molecule has 0 saturated carbocycles. The van der Waals surface area contributed by atoms with E-state index in [1.807, 2.05) is 18.2 Å². The Morgan fingerprint density at radius 2 is 2.00 bits per heavy atom. The molecule has 1 aromatic rings. The molecule has 0 aliphatic heterocycles. The summed E-state index contributed by atoms with van der Waals surface area (Å²) in [5.74, 6) is -0.917. The lowest BCUT2D eigenvalue weighted by Crippen LogP contribution is -2.18. The topological polar surface area (TPSA) is 55.8 Å². The van der Waals surface area contributed by atoms with Crippen molar-refractivity contribution in [2.24, 2.45) is 0 Å². The van der Waals surface area contributed by atoms with Crippen LogP contribution in [0.5, 0.6) is 5.75 Å². The highest BCUT2D eigenvalue weighted by Crippen LogP contribution is 2.12. The smallest absolute Gasteiger partial charge is 0.370 e. The number of ether oxygens (including phenoxy) is 2. The summed E-state index contributed by atoms with van der Waals surface area (Å²) in [5, 5.41) is 8.52. The molecule has 0 amide bonds. The van der Waals surface area contributed by atoms with E-state index in [1.54, 1.807) is 19.1 Å². The zero-order valence-electron chi connectivity index (χ0n) is 8.34. The van der Waals surface area contributed by atoms with Crippen molar-refractivity contribution in [1.82, 2.24) is 0 Å². The van der Waals surface area contributed by atoms with Crippen molar-refractivity contribution >= 4 is 5.97 Å². The van der Waals surface area contributed by atoms with Gasteiger partial charge in [-0.15, -0.1) is 0 Å². The minimum Gasteiger partial charge on any atom is -0.475 e. The van der Waals surface area contributed by atoms with Gasteiger partial charge in [0.2, 0.25) is 12.0 Å². The Bertz CT molecular complexity index is 345. The van der Waals surface area contributed by atoms with Gasteiger partial charge in [0.25, 0.3) is 0 Å². The number of carboxylic acids is 1. The van der Waals surface area contributed by atoms with Gasteiger partial charge in [-0.25, -0.2) is 4.79 Å². The molecule has 0 heterocycles.